The van der Waals surface area contributed by atoms with Crippen LogP contribution in [0.25, 0.3) is 10.9 Å². The molecule has 1 aromatic carbocycles. The van der Waals surface area contributed by atoms with Crippen LogP contribution < -0.4 is 5.32 Å². The third kappa shape index (κ3) is 4.32. The first-order chi connectivity index (χ1) is 11.0. The molecule has 2 N–H and O–H groups in total. The van der Waals surface area contributed by atoms with E-state index in [2.05, 4.69) is 10.3 Å². The fraction of sp³-hybridized carbons (Fsp3) is 0.312. The highest BCUT2D eigenvalue weighted by atomic mass is 16.5. The number of fused-ring (bicyclic) bond motifs is 1. The lowest BCUT2D eigenvalue weighted by Crippen LogP contribution is -2.39. The Hall–Kier alpha value is -2.83. The number of benzene rings is 1. The number of carbonyl (C=O) groups excluding carboxylic acids is 3. The maximum absolute atomic E-state index is 11.9. The van der Waals surface area contributed by atoms with Gasteiger partial charge in [0.2, 0.25) is 5.91 Å². The van der Waals surface area contributed by atoms with Crippen LogP contribution in [0, 0.1) is 0 Å². The maximum atomic E-state index is 11.9. The van der Waals surface area contributed by atoms with E-state index in [1.54, 1.807) is 6.20 Å². The highest BCUT2D eigenvalue weighted by Gasteiger charge is 2.15. The van der Waals surface area contributed by atoms with Crippen molar-refractivity contribution in [3.05, 3.63) is 36.0 Å². The predicted octanol–water partition coefficient (Wildman–Crippen LogP) is 0.458. The third-order valence-electron chi connectivity index (χ3n) is 3.45. The zero-order chi connectivity index (χ0) is 16.8. The van der Waals surface area contributed by atoms with Crippen molar-refractivity contribution in [3.63, 3.8) is 0 Å². The summed E-state index contributed by atoms with van der Waals surface area (Å²) in [6.45, 7) is -0.454. The Kier molecular flexibility index (Phi) is 5.35. The van der Waals surface area contributed by atoms with E-state index in [1.807, 2.05) is 24.3 Å². The Labute approximate surface area is 133 Å². The van der Waals surface area contributed by atoms with Crippen molar-refractivity contribution in [1.29, 1.82) is 0 Å². The lowest BCUT2D eigenvalue weighted by molar-refractivity contribution is -0.151. The molecule has 0 saturated heterocycles. The molecule has 7 heteroatoms. The first-order valence-corrected chi connectivity index (χ1v) is 7.16. The smallest absolute Gasteiger partial charge is 0.310 e. The molecule has 0 bridgehead atoms. The van der Waals surface area contributed by atoms with Crippen LogP contribution in [0.5, 0.6) is 0 Å². The molecule has 0 aliphatic heterocycles. The Morgan fingerprint density at radius 3 is 2.74 bits per heavy atom. The summed E-state index contributed by atoms with van der Waals surface area (Å²) in [6, 6.07) is 7.63. The molecule has 0 aliphatic rings. The van der Waals surface area contributed by atoms with Crippen molar-refractivity contribution < 1.29 is 19.1 Å². The van der Waals surface area contributed by atoms with E-state index in [-0.39, 0.29) is 25.5 Å². The zero-order valence-corrected chi connectivity index (χ0v) is 13.1. The van der Waals surface area contributed by atoms with Crippen molar-refractivity contribution in [2.24, 2.45) is 0 Å². The number of H-pyrrole nitrogens is 1. The molecular weight excluding hydrogens is 298 g/mol. The summed E-state index contributed by atoms with van der Waals surface area (Å²) in [5.41, 5.74) is 1.76. The van der Waals surface area contributed by atoms with E-state index in [0.717, 1.165) is 16.5 Å². The van der Waals surface area contributed by atoms with Crippen molar-refractivity contribution in [2.45, 2.75) is 6.42 Å². The SMILES string of the molecule is CNC(=O)CN(C)C(=O)COC(=O)Cc1c[nH]c2ccccc12. The number of rotatable bonds is 6. The Bertz CT molecular complexity index is 723. The number of aromatic nitrogens is 1. The molecule has 0 fully saturated rings. The molecule has 0 unspecified atom stereocenters. The van der Waals surface area contributed by atoms with Gasteiger partial charge in [-0.1, -0.05) is 18.2 Å². The highest BCUT2D eigenvalue weighted by molar-refractivity contribution is 5.89. The van der Waals surface area contributed by atoms with Crippen LogP contribution in [0.2, 0.25) is 0 Å². The second-order valence-corrected chi connectivity index (χ2v) is 5.12. The molecule has 1 heterocycles. The molecule has 0 spiro atoms. The standard InChI is InChI=1S/C16H19N3O4/c1-17-14(20)9-19(2)15(21)10-23-16(22)7-11-8-18-13-6-4-3-5-12(11)13/h3-6,8,18H,7,9-10H2,1-2H3,(H,17,20). The molecule has 2 rings (SSSR count). The molecule has 7 nitrogen and oxygen atoms in total. The summed E-state index contributed by atoms with van der Waals surface area (Å²) in [5.74, 6) is -1.21. The number of hydrogen-bond donors (Lipinski definition) is 2. The summed E-state index contributed by atoms with van der Waals surface area (Å²) in [7, 11) is 2.97. The van der Waals surface area contributed by atoms with Gasteiger partial charge >= 0.3 is 5.97 Å². The van der Waals surface area contributed by atoms with Gasteiger partial charge in [-0.05, 0) is 11.6 Å². The minimum Gasteiger partial charge on any atom is -0.455 e. The quantitative estimate of drug-likeness (QED) is 0.757. The molecule has 2 aromatic rings. The van der Waals surface area contributed by atoms with Crippen LogP contribution in [0.4, 0.5) is 0 Å². The van der Waals surface area contributed by atoms with Crippen LogP contribution in [0.1, 0.15) is 5.56 Å². The first kappa shape index (κ1) is 16.5. The topological polar surface area (TPSA) is 91.5 Å². The first-order valence-electron chi connectivity index (χ1n) is 7.16. The van der Waals surface area contributed by atoms with Gasteiger partial charge in [0.25, 0.3) is 5.91 Å². The Morgan fingerprint density at radius 1 is 1.26 bits per heavy atom. The van der Waals surface area contributed by atoms with Gasteiger partial charge in [0.15, 0.2) is 6.61 Å². The van der Waals surface area contributed by atoms with Crippen LogP contribution in [-0.2, 0) is 25.5 Å². The number of amides is 2. The lowest BCUT2D eigenvalue weighted by Gasteiger charge is -2.15. The van der Waals surface area contributed by atoms with Gasteiger partial charge < -0.3 is 19.9 Å². The van der Waals surface area contributed by atoms with Gasteiger partial charge in [-0.25, -0.2) is 0 Å². The van der Waals surface area contributed by atoms with E-state index in [4.69, 9.17) is 4.74 Å². The minimum atomic E-state index is -0.489. The van der Waals surface area contributed by atoms with E-state index < -0.39 is 11.9 Å². The van der Waals surface area contributed by atoms with E-state index in [1.165, 1.54) is 19.0 Å². The van der Waals surface area contributed by atoms with Crippen molar-refractivity contribution >= 4 is 28.7 Å². The van der Waals surface area contributed by atoms with Crippen LogP contribution in [0.3, 0.4) is 0 Å². The maximum Gasteiger partial charge on any atom is 0.310 e. The number of ether oxygens (including phenoxy) is 1. The number of nitrogens with one attached hydrogen (secondary N) is 2. The van der Waals surface area contributed by atoms with Crippen LogP contribution >= 0.6 is 0 Å². The molecule has 0 atom stereocenters. The van der Waals surface area contributed by atoms with E-state index in [9.17, 15) is 14.4 Å². The number of hydrogen-bond acceptors (Lipinski definition) is 4. The largest absolute Gasteiger partial charge is 0.455 e. The van der Waals surface area contributed by atoms with Gasteiger partial charge in [0, 0.05) is 31.2 Å². The monoisotopic (exact) mass is 317 g/mol. The molecular formula is C16H19N3O4. The number of carbonyl (C=O) groups is 3. The molecule has 122 valence electrons. The highest BCUT2D eigenvalue weighted by Crippen LogP contribution is 2.18. The third-order valence-corrected chi connectivity index (χ3v) is 3.45. The van der Waals surface area contributed by atoms with Crippen molar-refractivity contribution in [3.8, 4) is 0 Å². The minimum absolute atomic E-state index is 0.0741. The molecule has 1 aromatic heterocycles. The number of esters is 1. The normalized spacial score (nSPS) is 10.3. The van der Waals surface area contributed by atoms with Crippen LogP contribution in [0.15, 0.2) is 30.5 Å². The van der Waals surface area contributed by atoms with Gasteiger partial charge in [0.05, 0.1) is 13.0 Å². The second kappa shape index (κ2) is 7.44. The summed E-state index contributed by atoms with van der Waals surface area (Å²) in [5, 5.41) is 3.37. The van der Waals surface area contributed by atoms with Gasteiger partial charge in [-0.3, -0.25) is 14.4 Å². The average Bonchev–Trinajstić information content (AvgIpc) is 2.95. The fourth-order valence-electron chi connectivity index (χ4n) is 2.12. The second-order valence-electron chi connectivity index (χ2n) is 5.12. The summed E-state index contributed by atoms with van der Waals surface area (Å²) in [4.78, 5) is 39.1. The summed E-state index contributed by atoms with van der Waals surface area (Å²) >= 11 is 0. The molecule has 2 amide bonds. The number of likely N-dealkylation sites (N-methyl/N-ethyl adjacent to an activating group) is 2. The predicted molar refractivity (Wildman–Crippen MR) is 84.7 cm³/mol. The lowest BCUT2D eigenvalue weighted by atomic mass is 10.1. The molecule has 0 radical (unpaired) electrons. The molecule has 0 saturated carbocycles. The van der Waals surface area contributed by atoms with Gasteiger partial charge in [-0.15, -0.1) is 0 Å². The Balaban J connectivity index is 1.85. The van der Waals surface area contributed by atoms with Crippen molar-refractivity contribution in [2.75, 3.05) is 27.2 Å². The average molecular weight is 317 g/mol. The molecule has 23 heavy (non-hydrogen) atoms. The summed E-state index contributed by atoms with van der Waals surface area (Å²) in [6.07, 6.45) is 1.84. The van der Waals surface area contributed by atoms with E-state index >= 15 is 0 Å². The van der Waals surface area contributed by atoms with E-state index in [0.29, 0.717) is 0 Å². The summed E-state index contributed by atoms with van der Waals surface area (Å²) < 4.78 is 4.99. The number of aromatic amines is 1. The van der Waals surface area contributed by atoms with Gasteiger partial charge in [0.1, 0.15) is 0 Å². The Morgan fingerprint density at radius 2 is 2.00 bits per heavy atom. The molecule has 0 aliphatic carbocycles. The fourth-order valence-corrected chi connectivity index (χ4v) is 2.12. The van der Waals surface area contributed by atoms with Gasteiger partial charge in [-0.2, -0.15) is 0 Å². The zero-order valence-electron chi connectivity index (χ0n) is 13.1. The number of para-hydroxylation sites is 1. The van der Waals surface area contributed by atoms with Crippen molar-refractivity contribution in [1.82, 2.24) is 15.2 Å². The van der Waals surface area contributed by atoms with Crippen LogP contribution in [-0.4, -0.2) is 54.9 Å². The number of nitrogens with zero attached hydrogens (tertiary/aromatic N) is 1.